The summed E-state index contributed by atoms with van der Waals surface area (Å²) in [5.74, 6) is 1.08. The third-order valence-corrected chi connectivity index (χ3v) is 3.98. The minimum atomic E-state index is 0.711. The second-order valence-corrected chi connectivity index (χ2v) is 5.29. The van der Waals surface area contributed by atoms with Crippen molar-refractivity contribution in [2.24, 2.45) is 0 Å². The van der Waals surface area contributed by atoms with E-state index in [2.05, 4.69) is 50.4 Å². The van der Waals surface area contributed by atoms with Gasteiger partial charge in [-0.1, -0.05) is 23.5 Å². The second kappa shape index (κ2) is 5.58. The molecule has 20 heavy (non-hydrogen) atoms. The van der Waals surface area contributed by atoms with Gasteiger partial charge in [0.25, 0.3) is 0 Å². The van der Waals surface area contributed by atoms with Crippen LogP contribution in [0.1, 0.15) is 25.4 Å². The van der Waals surface area contributed by atoms with Gasteiger partial charge >= 0.3 is 0 Å². The molecule has 0 aliphatic carbocycles. The van der Waals surface area contributed by atoms with Crippen LogP contribution in [0.5, 0.6) is 0 Å². The van der Waals surface area contributed by atoms with Crippen molar-refractivity contribution >= 4 is 27.6 Å². The van der Waals surface area contributed by atoms with Crippen molar-refractivity contribution in [1.82, 2.24) is 19.1 Å². The highest BCUT2D eigenvalue weighted by atomic mass is 32.1. The smallest absolute Gasteiger partial charge is 0.135 e. The van der Waals surface area contributed by atoms with Gasteiger partial charge in [-0.25, -0.2) is 4.98 Å². The first kappa shape index (κ1) is 13.1. The van der Waals surface area contributed by atoms with Crippen molar-refractivity contribution in [1.29, 1.82) is 0 Å². The monoisotopic (exact) mass is 287 g/mol. The van der Waals surface area contributed by atoms with Gasteiger partial charge in [0.1, 0.15) is 16.5 Å². The van der Waals surface area contributed by atoms with Crippen molar-refractivity contribution < 1.29 is 0 Å². The maximum Gasteiger partial charge on any atom is 0.135 e. The summed E-state index contributed by atoms with van der Waals surface area (Å²) in [5, 5.41) is 8.61. The molecule has 0 fully saturated rings. The molecule has 3 rings (SSSR count). The van der Waals surface area contributed by atoms with Crippen LogP contribution in [0.4, 0.5) is 5.00 Å². The lowest BCUT2D eigenvalue weighted by Crippen LogP contribution is -2.07. The quantitative estimate of drug-likeness (QED) is 0.784. The van der Waals surface area contributed by atoms with Crippen LogP contribution in [0.2, 0.25) is 0 Å². The molecule has 0 radical (unpaired) electrons. The fourth-order valence-electron chi connectivity index (χ4n) is 2.33. The number of nitrogens with zero attached hydrogens (tertiary/aromatic N) is 4. The third kappa shape index (κ3) is 2.27. The SMILES string of the molecule is CCNc1snnc1Cn1c(CC)nc2ccccc21. The minimum absolute atomic E-state index is 0.711. The summed E-state index contributed by atoms with van der Waals surface area (Å²) in [7, 11) is 0. The zero-order valence-electron chi connectivity index (χ0n) is 11.6. The van der Waals surface area contributed by atoms with E-state index in [4.69, 9.17) is 0 Å². The van der Waals surface area contributed by atoms with Gasteiger partial charge in [-0.2, -0.15) is 0 Å². The van der Waals surface area contributed by atoms with Crippen LogP contribution >= 0.6 is 11.5 Å². The molecular formula is C14H17N5S. The van der Waals surface area contributed by atoms with Gasteiger partial charge in [-0.05, 0) is 19.1 Å². The maximum atomic E-state index is 4.69. The predicted octanol–water partition coefficient (Wildman–Crippen LogP) is 2.93. The van der Waals surface area contributed by atoms with E-state index in [1.807, 2.05) is 12.1 Å². The van der Waals surface area contributed by atoms with E-state index in [0.29, 0.717) is 6.54 Å². The molecule has 0 spiro atoms. The molecule has 104 valence electrons. The third-order valence-electron chi connectivity index (χ3n) is 3.25. The summed E-state index contributed by atoms with van der Waals surface area (Å²) in [6.45, 7) is 5.79. The first-order valence-corrected chi connectivity index (χ1v) is 7.60. The largest absolute Gasteiger partial charge is 0.374 e. The zero-order chi connectivity index (χ0) is 13.9. The van der Waals surface area contributed by atoms with E-state index in [1.165, 1.54) is 11.5 Å². The minimum Gasteiger partial charge on any atom is -0.374 e. The van der Waals surface area contributed by atoms with Gasteiger partial charge in [0, 0.05) is 24.5 Å². The molecule has 0 aliphatic rings. The van der Waals surface area contributed by atoms with Crippen molar-refractivity contribution in [2.45, 2.75) is 26.8 Å². The van der Waals surface area contributed by atoms with Crippen LogP contribution in [-0.4, -0.2) is 25.7 Å². The molecule has 1 N–H and O–H groups in total. The fourth-order valence-corrected chi connectivity index (χ4v) is 2.97. The number of para-hydroxylation sites is 2. The lowest BCUT2D eigenvalue weighted by Gasteiger charge is -2.07. The lowest BCUT2D eigenvalue weighted by molar-refractivity contribution is 0.733. The summed E-state index contributed by atoms with van der Waals surface area (Å²) in [6, 6.07) is 8.22. The van der Waals surface area contributed by atoms with E-state index in [-0.39, 0.29) is 0 Å². The Morgan fingerprint density at radius 3 is 2.90 bits per heavy atom. The molecule has 0 unspecified atom stereocenters. The van der Waals surface area contributed by atoms with Crippen molar-refractivity contribution in [3.05, 3.63) is 35.8 Å². The number of hydrogen-bond acceptors (Lipinski definition) is 5. The van der Waals surface area contributed by atoms with E-state index in [1.54, 1.807) is 0 Å². The van der Waals surface area contributed by atoms with Gasteiger partial charge in [0.15, 0.2) is 0 Å². The Labute approximate surface area is 121 Å². The van der Waals surface area contributed by atoms with Gasteiger partial charge in [0.2, 0.25) is 0 Å². The normalized spacial score (nSPS) is 11.1. The standard InChI is InChI=1S/C14H17N5S/c1-3-13-16-10-7-5-6-8-12(10)19(13)9-11-14(15-4-2)20-18-17-11/h5-8,15H,3-4,9H2,1-2H3. The van der Waals surface area contributed by atoms with E-state index in [9.17, 15) is 0 Å². The Kier molecular flexibility index (Phi) is 3.64. The second-order valence-electron chi connectivity index (χ2n) is 4.54. The molecule has 2 heterocycles. The molecular weight excluding hydrogens is 270 g/mol. The predicted molar refractivity (Wildman–Crippen MR) is 82.3 cm³/mol. The highest BCUT2D eigenvalue weighted by molar-refractivity contribution is 7.10. The Balaban J connectivity index is 2.03. The number of aryl methyl sites for hydroxylation is 1. The molecule has 0 atom stereocenters. The van der Waals surface area contributed by atoms with Crippen molar-refractivity contribution in [2.75, 3.05) is 11.9 Å². The number of aromatic nitrogens is 4. The molecule has 0 saturated carbocycles. The number of fused-ring (bicyclic) bond motifs is 1. The van der Waals surface area contributed by atoms with Crippen molar-refractivity contribution in [3.63, 3.8) is 0 Å². The molecule has 0 bridgehead atoms. The summed E-state index contributed by atoms with van der Waals surface area (Å²) in [6.07, 6.45) is 0.906. The topological polar surface area (TPSA) is 55.6 Å². The van der Waals surface area contributed by atoms with Gasteiger partial charge < -0.3 is 9.88 Å². The Morgan fingerprint density at radius 1 is 1.25 bits per heavy atom. The Bertz CT molecular complexity index is 715. The summed E-state index contributed by atoms with van der Waals surface area (Å²) < 4.78 is 6.28. The van der Waals surface area contributed by atoms with Crippen LogP contribution in [-0.2, 0) is 13.0 Å². The van der Waals surface area contributed by atoms with E-state index < -0.39 is 0 Å². The molecule has 6 heteroatoms. The lowest BCUT2D eigenvalue weighted by atomic mass is 10.3. The van der Waals surface area contributed by atoms with Gasteiger partial charge in [-0.15, -0.1) is 5.10 Å². The number of rotatable bonds is 5. The van der Waals surface area contributed by atoms with E-state index in [0.717, 1.165) is 40.5 Å². The molecule has 0 saturated heterocycles. The summed E-state index contributed by atoms with van der Waals surface area (Å²) in [5.41, 5.74) is 3.17. The zero-order valence-corrected chi connectivity index (χ0v) is 12.4. The number of nitrogens with one attached hydrogen (secondary N) is 1. The van der Waals surface area contributed by atoms with E-state index >= 15 is 0 Å². The highest BCUT2D eigenvalue weighted by Gasteiger charge is 2.13. The first-order chi connectivity index (χ1) is 9.83. The number of imidazole rings is 1. The summed E-state index contributed by atoms with van der Waals surface area (Å²) in [4.78, 5) is 4.69. The highest BCUT2D eigenvalue weighted by Crippen LogP contribution is 2.22. The Hall–Kier alpha value is -1.95. The first-order valence-electron chi connectivity index (χ1n) is 6.82. The summed E-state index contributed by atoms with van der Waals surface area (Å²) >= 11 is 1.41. The average molecular weight is 287 g/mol. The average Bonchev–Trinajstić information content (AvgIpc) is 3.05. The molecule has 2 aromatic heterocycles. The molecule has 3 aromatic rings. The van der Waals surface area contributed by atoms with Crippen LogP contribution < -0.4 is 5.32 Å². The van der Waals surface area contributed by atoms with Crippen LogP contribution in [0, 0.1) is 0 Å². The van der Waals surface area contributed by atoms with Gasteiger partial charge in [-0.3, -0.25) is 0 Å². The number of benzene rings is 1. The maximum absolute atomic E-state index is 4.69. The van der Waals surface area contributed by atoms with Gasteiger partial charge in [0.05, 0.1) is 17.6 Å². The molecule has 0 aliphatic heterocycles. The fraction of sp³-hybridized carbons (Fsp3) is 0.357. The number of anilines is 1. The molecule has 0 amide bonds. The molecule has 1 aromatic carbocycles. The Morgan fingerprint density at radius 2 is 2.10 bits per heavy atom. The number of hydrogen-bond donors (Lipinski definition) is 1. The van der Waals surface area contributed by atoms with Crippen LogP contribution in [0.25, 0.3) is 11.0 Å². The molecule has 5 nitrogen and oxygen atoms in total. The van der Waals surface area contributed by atoms with Crippen LogP contribution in [0.3, 0.4) is 0 Å². The van der Waals surface area contributed by atoms with Crippen molar-refractivity contribution in [3.8, 4) is 0 Å². The van der Waals surface area contributed by atoms with Crippen LogP contribution in [0.15, 0.2) is 24.3 Å².